The second-order valence-electron chi connectivity index (χ2n) is 7.70. The van der Waals surface area contributed by atoms with Crippen molar-refractivity contribution in [2.75, 3.05) is 5.32 Å². The van der Waals surface area contributed by atoms with E-state index >= 15 is 0 Å². The molecule has 33 heavy (non-hydrogen) atoms. The summed E-state index contributed by atoms with van der Waals surface area (Å²) >= 11 is 12.2. The van der Waals surface area contributed by atoms with Crippen LogP contribution in [0.5, 0.6) is 0 Å². The third kappa shape index (κ3) is 6.37. The number of benzene rings is 2. The number of carbonyl (C=O) groups excluding carboxylic acids is 1. The molecule has 0 bridgehead atoms. The summed E-state index contributed by atoms with van der Waals surface area (Å²) in [5.41, 5.74) is 2.61. The highest BCUT2D eigenvalue weighted by Crippen LogP contribution is 2.22. The number of aliphatic carboxylic acids is 1. The molecule has 2 aromatic carbocycles. The quantitative estimate of drug-likeness (QED) is 0.428. The predicted molar refractivity (Wildman–Crippen MR) is 129 cm³/mol. The highest BCUT2D eigenvalue weighted by molar-refractivity contribution is 6.35. The van der Waals surface area contributed by atoms with Crippen molar-refractivity contribution in [1.82, 2.24) is 9.88 Å². The summed E-state index contributed by atoms with van der Waals surface area (Å²) in [5.74, 6) is -1.06. The maximum Gasteiger partial charge on any atom is 0.319 e. The molecule has 1 aromatic heterocycles. The zero-order valence-corrected chi connectivity index (χ0v) is 19.6. The topological polar surface area (TPSA) is 100 Å². The van der Waals surface area contributed by atoms with Gasteiger partial charge in [-0.3, -0.25) is 9.59 Å². The molecule has 0 radical (unpaired) electrons. The Morgan fingerprint density at radius 1 is 1.06 bits per heavy atom. The van der Waals surface area contributed by atoms with Gasteiger partial charge in [0.15, 0.2) is 0 Å². The number of carboxylic acids is 1. The van der Waals surface area contributed by atoms with Gasteiger partial charge in [-0.25, -0.2) is 4.79 Å². The summed E-state index contributed by atoms with van der Waals surface area (Å²) in [6.45, 7) is 3.80. The third-order valence-corrected chi connectivity index (χ3v) is 5.72. The third-order valence-electron chi connectivity index (χ3n) is 5.13. The van der Waals surface area contributed by atoms with E-state index in [0.717, 1.165) is 5.56 Å². The first-order valence-corrected chi connectivity index (χ1v) is 10.9. The van der Waals surface area contributed by atoms with Gasteiger partial charge in [-0.05, 0) is 48.7 Å². The van der Waals surface area contributed by atoms with Crippen LogP contribution in [-0.4, -0.2) is 21.7 Å². The number of aryl methyl sites for hydroxylation is 2. The molecule has 0 saturated heterocycles. The molecule has 0 aliphatic heterocycles. The standard InChI is InChI=1S/C24H23Cl2N3O4/c1-14-3-5-16(6-4-14)20(12-21(30)31)27-24(33)28-22-15(2)9-10-29(23(22)32)13-17-7-8-18(25)11-19(17)26/h3-11,20H,12-13H2,1-2H3,(H,30,31)(H2,27,28,33). The first-order valence-electron chi connectivity index (χ1n) is 10.1. The predicted octanol–water partition coefficient (Wildman–Crippen LogP) is 5.16. The molecule has 3 rings (SSSR count). The van der Waals surface area contributed by atoms with E-state index in [1.807, 2.05) is 19.1 Å². The maximum atomic E-state index is 13.0. The van der Waals surface area contributed by atoms with Crippen LogP contribution in [0.3, 0.4) is 0 Å². The Bertz CT molecular complexity index is 1240. The van der Waals surface area contributed by atoms with Gasteiger partial charge in [0.05, 0.1) is 19.0 Å². The van der Waals surface area contributed by atoms with Gasteiger partial charge in [-0.15, -0.1) is 0 Å². The zero-order valence-electron chi connectivity index (χ0n) is 18.1. The van der Waals surface area contributed by atoms with Gasteiger partial charge in [0.25, 0.3) is 5.56 Å². The lowest BCUT2D eigenvalue weighted by Crippen LogP contribution is -2.36. The van der Waals surface area contributed by atoms with E-state index in [4.69, 9.17) is 23.2 Å². The van der Waals surface area contributed by atoms with E-state index in [0.29, 0.717) is 26.7 Å². The van der Waals surface area contributed by atoms with Crippen molar-refractivity contribution >= 4 is 40.9 Å². The molecule has 172 valence electrons. The number of hydrogen-bond acceptors (Lipinski definition) is 3. The average molecular weight is 488 g/mol. The summed E-state index contributed by atoms with van der Waals surface area (Å²) < 4.78 is 1.42. The summed E-state index contributed by atoms with van der Waals surface area (Å²) in [6, 6.07) is 12.5. The molecule has 0 fully saturated rings. The van der Waals surface area contributed by atoms with Crippen molar-refractivity contribution in [2.45, 2.75) is 32.9 Å². The first-order chi connectivity index (χ1) is 15.6. The number of nitrogens with zero attached hydrogens (tertiary/aromatic N) is 1. The molecule has 0 aliphatic carbocycles. The Morgan fingerprint density at radius 3 is 2.39 bits per heavy atom. The van der Waals surface area contributed by atoms with E-state index in [1.165, 1.54) is 4.57 Å². The number of anilines is 1. The van der Waals surface area contributed by atoms with Crippen LogP contribution in [0.15, 0.2) is 59.5 Å². The number of nitrogens with one attached hydrogen (secondary N) is 2. The Kier molecular flexibility index (Phi) is 7.79. The van der Waals surface area contributed by atoms with Crippen molar-refractivity contribution in [3.63, 3.8) is 0 Å². The maximum absolute atomic E-state index is 13.0. The van der Waals surface area contributed by atoms with E-state index in [9.17, 15) is 19.5 Å². The van der Waals surface area contributed by atoms with Gasteiger partial charge < -0.3 is 20.3 Å². The molecule has 0 saturated carbocycles. The van der Waals surface area contributed by atoms with Crippen LogP contribution in [0.2, 0.25) is 10.0 Å². The summed E-state index contributed by atoms with van der Waals surface area (Å²) in [5, 5.41) is 15.4. The molecule has 3 aromatic rings. The molecular formula is C24H23Cl2N3O4. The molecule has 1 heterocycles. The van der Waals surface area contributed by atoms with Gasteiger partial charge in [-0.2, -0.15) is 0 Å². The number of carbonyl (C=O) groups is 2. The van der Waals surface area contributed by atoms with Gasteiger partial charge in [0, 0.05) is 16.2 Å². The summed E-state index contributed by atoms with van der Waals surface area (Å²) in [4.78, 5) is 37.1. The Balaban J connectivity index is 1.81. The second kappa shape index (κ2) is 10.6. The van der Waals surface area contributed by atoms with Crippen LogP contribution in [0.25, 0.3) is 0 Å². The molecule has 7 nitrogen and oxygen atoms in total. The number of hydrogen-bond donors (Lipinski definition) is 3. The highest BCUT2D eigenvalue weighted by atomic mass is 35.5. The fourth-order valence-electron chi connectivity index (χ4n) is 3.31. The van der Waals surface area contributed by atoms with Crippen LogP contribution in [-0.2, 0) is 11.3 Å². The molecule has 0 spiro atoms. The molecule has 3 N–H and O–H groups in total. The fraction of sp³-hybridized carbons (Fsp3) is 0.208. The minimum atomic E-state index is -1.06. The molecule has 1 unspecified atom stereocenters. The highest BCUT2D eigenvalue weighted by Gasteiger charge is 2.20. The zero-order chi connectivity index (χ0) is 24.1. The smallest absolute Gasteiger partial charge is 0.319 e. The number of amides is 2. The lowest BCUT2D eigenvalue weighted by atomic mass is 10.0. The van der Waals surface area contributed by atoms with Crippen LogP contribution in [0, 0.1) is 13.8 Å². The van der Waals surface area contributed by atoms with Gasteiger partial charge in [0.2, 0.25) is 0 Å². The van der Waals surface area contributed by atoms with Crippen LogP contribution < -0.4 is 16.2 Å². The Labute approximate surface area is 201 Å². The minimum absolute atomic E-state index is 0.0954. The van der Waals surface area contributed by atoms with Crippen molar-refractivity contribution in [3.05, 3.63) is 97.4 Å². The number of carboxylic acid groups (broad SMARTS) is 1. The first kappa shape index (κ1) is 24.4. The Hall–Kier alpha value is -3.29. The molecule has 9 heteroatoms. The van der Waals surface area contributed by atoms with Crippen molar-refractivity contribution in [3.8, 4) is 0 Å². The average Bonchev–Trinajstić information content (AvgIpc) is 2.74. The number of halogens is 2. The largest absolute Gasteiger partial charge is 0.481 e. The van der Waals surface area contributed by atoms with E-state index in [2.05, 4.69) is 10.6 Å². The minimum Gasteiger partial charge on any atom is -0.481 e. The van der Waals surface area contributed by atoms with E-state index in [-0.39, 0.29) is 18.7 Å². The molecule has 2 amide bonds. The van der Waals surface area contributed by atoms with E-state index in [1.54, 1.807) is 49.5 Å². The lowest BCUT2D eigenvalue weighted by Gasteiger charge is -2.19. The Morgan fingerprint density at radius 2 is 1.76 bits per heavy atom. The normalized spacial score (nSPS) is 11.6. The molecular weight excluding hydrogens is 465 g/mol. The summed E-state index contributed by atoms with van der Waals surface area (Å²) in [6.07, 6.45) is 1.31. The number of rotatable bonds is 7. The number of pyridine rings is 1. The number of urea groups is 1. The summed E-state index contributed by atoms with van der Waals surface area (Å²) in [7, 11) is 0. The van der Waals surface area contributed by atoms with Crippen LogP contribution in [0.1, 0.15) is 34.7 Å². The van der Waals surface area contributed by atoms with Crippen LogP contribution >= 0.6 is 23.2 Å². The SMILES string of the molecule is Cc1ccc(C(CC(=O)O)NC(=O)Nc2c(C)ccn(Cc3ccc(Cl)cc3Cl)c2=O)cc1. The van der Waals surface area contributed by atoms with Crippen molar-refractivity contribution in [1.29, 1.82) is 0 Å². The second-order valence-corrected chi connectivity index (χ2v) is 8.55. The van der Waals surface area contributed by atoms with Gasteiger partial charge in [-0.1, -0.05) is 59.1 Å². The molecule has 0 aliphatic rings. The van der Waals surface area contributed by atoms with Crippen molar-refractivity contribution < 1.29 is 14.7 Å². The van der Waals surface area contributed by atoms with Crippen molar-refractivity contribution in [2.24, 2.45) is 0 Å². The number of aromatic nitrogens is 1. The lowest BCUT2D eigenvalue weighted by molar-refractivity contribution is -0.137. The van der Waals surface area contributed by atoms with Gasteiger partial charge in [0.1, 0.15) is 5.69 Å². The monoisotopic (exact) mass is 487 g/mol. The van der Waals surface area contributed by atoms with Crippen LogP contribution in [0.4, 0.5) is 10.5 Å². The molecule has 1 atom stereocenters. The van der Waals surface area contributed by atoms with E-state index < -0.39 is 23.6 Å². The van der Waals surface area contributed by atoms with Gasteiger partial charge >= 0.3 is 12.0 Å². The fourth-order valence-corrected chi connectivity index (χ4v) is 3.78.